The van der Waals surface area contributed by atoms with E-state index in [0.29, 0.717) is 22.7 Å². The number of amides is 1. The molecule has 0 atom stereocenters. The number of nitrogens with zero attached hydrogens (tertiary/aromatic N) is 1. The molecule has 0 fully saturated rings. The van der Waals surface area contributed by atoms with Gasteiger partial charge in [-0.05, 0) is 30.3 Å². The van der Waals surface area contributed by atoms with Crippen LogP contribution in [0.2, 0.25) is 0 Å². The summed E-state index contributed by atoms with van der Waals surface area (Å²) in [6.07, 6.45) is 0. The summed E-state index contributed by atoms with van der Waals surface area (Å²) in [5.74, 6) is -0.478. The Morgan fingerprint density at radius 1 is 1.22 bits per heavy atom. The minimum Gasteiger partial charge on any atom is -0.497 e. The van der Waals surface area contributed by atoms with Crippen LogP contribution in [0.4, 0.5) is 11.4 Å². The van der Waals surface area contributed by atoms with Gasteiger partial charge in [0, 0.05) is 5.56 Å². The van der Waals surface area contributed by atoms with Crippen LogP contribution >= 0.6 is 0 Å². The van der Waals surface area contributed by atoms with Crippen LogP contribution in [0.15, 0.2) is 60.2 Å². The van der Waals surface area contributed by atoms with Gasteiger partial charge in [0.15, 0.2) is 5.82 Å². The maximum Gasteiger partial charge on any atom is 0.257 e. The SMILES string of the molecule is COc1cccc(C(=O)NC2=C(O)Nc3ccccc3N2O)c1. The number of hydrogen-bond acceptors (Lipinski definition) is 6. The number of methoxy groups -OCH3 is 1. The van der Waals surface area contributed by atoms with Crippen molar-refractivity contribution in [2.24, 2.45) is 0 Å². The predicted octanol–water partition coefficient (Wildman–Crippen LogP) is 2.43. The zero-order chi connectivity index (χ0) is 16.4. The van der Waals surface area contributed by atoms with Gasteiger partial charge in [-0.2, -0.15) is 0 Å². The van der Waals surface area contributed by atoms with Gasteiger partial charge >= 0.3 is 0 Å². The number of carbonyl (C=O) groups excluding carboxylic acids is 1. The Labute approximate surface area is 132 Å². The molecule has 1 amide bonds. The van der Waals surface area contributed by atoms with Crippen LogP contribution in [0.25, 0.3) is 0 Å². The number of ether oxygens (including phenoxy) is 1. The fourth-order valence-electron chi connectivity index (χ4n) is 2.23. The Balaban J connectivity index is 1.86. The molecule has 0 aliphatic carbocycles. The summed E-state index contributed by atoms with van der Waals surface area (Å²) in [5, 5.41) is 26.1. The van der Waals surface area contributed by atoms with Gasteiger partial charge in [-0.15, -0.1) is 0 Å². The first-order valence-electron chi connectivity index (χ1n) is 6.84. The van der Waals surface area contributed by atoms with Crippen LogP contribution in [0, 0.1) is 0 Å². The lowest BCUT2D eigenvalue weighted by Crippen LogP contribution is -2.38. The van der Waals surface area contributed by atoms with E-state index in [9.17, 15) is 15.1 Å². The van der Waals surface area contributed by atoms with Gasteiger partial charge in [0.2, 0.25) is 5.88 Å². The van der Waals surface area contributed by atoms with E-state index in [4.69, 9.17) is 4.74 Å². The summed E-state index contributed by atoms with van der Waals surface area (Å²) in [6, 6.07) is 13.4. The largest absolute Gasteiger partial charge is 0.497 e. The Morgan fingerprint density at radius 2 is 2.00 bits per heavy atom. The minimum atomic E-state index is -0.495. The molecule has 1 aliphatic heterocycles. The van der Waals surface area contributed by atoms with Crippen molar-refractivity contribution in [1.29, 1.82) is 0 Å². The topological polar surface area (TPSA) is 94.1 Å². The van der Waals surface area contributed by atoms with E-state index in [1.165, 1.54) is 7.11 Å². The van der Waals surface area contributed by atoms with Gasteiger partial charge in [0.05, 0.1) is 18.5 Å². The average Bonchev–Trinajstić information content (AvgIpc) is 2.58. The van der Waals surface area contributed by atoms with Gasteiger partial charge in [-0.25, -0.2) is 5.06 Å². The normalized spacial score (nSPS) is 13.2. The second-order valence-electron chi connectivity index (χ2n) is 4.84. The van der Waals surface area contributed by atoms with Gasteiger partial charge in [0.25, 0.3) is 5.91 Å². The number of fused-ring (bicyclic) bond motifs is 1. The van der Waals surface area contributed by atoms with Gasteiger partial charge in [0.1, 0.15) is 5.75 Å². The molecule has 7 nitrogen and oxygen atoms in total. The van der Waals surface area contributed by atoms with Crippen LogP contribution in [0.1, 0.15) is 10.4 Å². The molecule has 7 heteroatoms. The van der Waals surface area contributed by atoms with Gasteiger partial charge < -0.3 is 20.5 Å². The molecular formula is C16H15N3O4. The molecule has 23 heavy (non-hydrogen) atoms. The average molecular weight is 313 g/mol. The van der Waals surface area contributed by atoms with Gasteiger partial charge in [-0.3, -0.25) is 10.0 Å². The van der Waals surface area contributed by atoms with E-state index >= 15 is 0 Å². The Morgan fingerprint density at radius 3 is 2.78 bits per heavy atom. The summed E-state index contributed by atoms with van der Waals surface area (Å²) in [4.78, 5) is 12.3. The number of nitrogens with one attached hydrogen (secondary N) is 2. The zero-order valence-corrected chi connectivity index (χ0v) is 12.3. The van der Waals surface area contributed by atoms with Crippen molar-refractivity contribution >= 4 is 17.3 Å². The first-order valence-corrected chi connectivity index (χ1v) is 6.84. The molecule has 0 bridgehead atoms. The van der Waals surface area contributed by atoms with Crippen molar-refractivity contribution in [3.05, 3.63) is 65.8 Å². The predicted molar refractivity (Wildman–Crippen MR) is 84.4 cm³/mol. The number of benzene rings is 2. The third kappa shape index (κ3) is 2.77. The fraction of sp³-hybridized carbons (Fsp3) is 0.0625. The lowest BCUT2D eigenvalue weighted by molar-refractivity contribution is 0.0952. The van der Waals surface area contributed by atoms with Crippen LogP contribution in [0.5, 0.6) is 5.75 Å². The quantitative estimate of drug-likeness (QED) is 0.695. The van der Waals surface area contributed by atoms with E-state index in [2.05, 4.69) is 10.6 Å². The van der Waals surface area contributed by atoms with Crippen molar-refractivity contribution in [2.45, 2.75) is 0 Å². The number of rotatable bonds is 3. The molecule has 0 saturated carbocycles. The third-order valence-corrected chi connectivity index (χ3v) is 3.39. The number of aliphatic hydroxyl groups excluding tert-OH is 1. The minimum absolute atomic E-state index is 0.156. The summed E-state index contributed by atoms with van der Waals surface area (Å²) in [7, 11) is 1.50. The summed E-state index contributed by atoms with van der Waals surface area (Å²) in [6.45, 7) is 0. The molecule has 1 heterocycles. The smallest absolute Gasteiger partial charge is 0.257 e. The number of carbonyl (C=O) groups is 1. The molecule has 2 aromatic carbocycles. The second-order valence-corrected chi connectivity index (χ2v) is 4.84. The van der Waals surface area contributed by atoms with Crippen molar-refractivity contribution in [2.75, 3.05) is 17.5 Å². The highest BCUT2D eigenvalue weighted by atomic mass is 16.5. The Bertz CT molecular complexity index is 788. The molecular weight excluding hydrogens is 298 g/mol. The van der Waals surface area contributed by atoms with Crippen molar-refractivity contribution in [3.8, 4) is 5.75 Å². The van der Waals surface area contributed by atoms with Crippen LogP contribution in [0.3, 0.4) is 0 Å². The van der Waals surface area contributed by atoms with Crippen LogP contribution < -0.4 is 20.4 Å². The fourth-order valence-corrected chi connectivity index (χ4v) is 2.23. The summed E-state index contributed by atoms with van der Waals surface area (Å²) < 4.78 is 5.07. The Kier molecular flexibility index (Phi) is 3.78. The first kappa shape index (κ1) is 14.7. The Hall–Kier alpha value is -3.19. The van der Waals surface area contributed by atoms with E-state index < -0.39 is 5.91 Å². The number of hydrogen-bond donors (Lipinski definition) is 4. The second kappa shape index (κ2) is 5.90. The van der Waals surface area contributed by atoms with Crippen LogP contribution in [-0.4, -0.2) is 23.3 Å². The molecule has 2 aromatic rings. The molecule has 0 spiro atoms. The molecule has 0 aromatic heterocycles. The van der Waals surface area contributed by atoms with Crippen molar-refractivity contribution in [3.63, 3.8) is 0 Å². The highest BCUT2D eigenvalue weighted by Crippen LogP contribution is 2.32. The van der Waals surface area contributed by atoms with Gasteiger partial charge in [-0.1, -0.05) is 18.2 Å². The third-order valence-electron chi connectivity index (χ3n) is 3.39. The molecule has 118 valence electrons. The molecule has 1 aliphatic rings. The summed E-state index contributed by atoms with van der Waals surface area (Å²) in [5.41, 5.74) is 1.26. The number of anilines is 2. The molecule has 0 radical (unpaired) electrons. The number of hydroxylamine groups is 1. The highest BCUT2D eigenvalue weighted by Gasteiger charge is 2.25. The lowest BCUT2D eigenvalue weighted by Gasteiger charge is -2.28. The van der Waals surface area contributed by atoms with Crippen molar-refractivity contribution < 1.29 is 19.8 Å². The highest BCUT2D eigenvalue weighted by molar-refractivity contribution is 5.96. The van der Waals surface area contributed by atoms with Crippen LogP contribution in [-0.2, 0) is 0 Å². The van der Waals surface area contributed by atoms with E-state index in [-0.39, 0.29) is 11.7 Å². The van der Waals surface area contributed by atoms with E-state index in [0.717, 1.165) is 5.06 Å². The monoisotopic (exact) mass is 313 g/mol. The molecule has 3 rings (SSSR count). The summed E-state index contributed by atoms with van der Waals surface area (Å²) >= 11 is 0. The van der Waals surface area contributed by atoms with Crippen molar-refractivity contribution in [1.82, 2.24) is 5.32 Å². The first-order chi connectivity index (χ1) is 11.1. The molecule has 0 unspecified atom stereocenters. The zero-order valence-electron chi connectivity index (χ0n) is 12.3. The lowest BCUT2D eigenvalue weighted by atomic mass is 10.2. The standard InChI is InChI=1S/C16H15N3O4/c1-23-11-6-4-5-10(9-11)15(20)18-14-16(21)17-12-7-2-3-8-13(12)19(14)22/h2-9,17,21-22H,1H3,(H,18,20). The number of para-hydroxylation sites is 2. The maximum absolute atomic E-state index is 12.3. The van der Waals surface area contributed by atoms with E-state index in [1.807, 2.05) is 0 Å². The number of aliphatic hydroxyl groups is 1. The van der Waals surface area contributed by atoms with E-state index in [1.54, 1.807) is 48.5 Å². The maximum atomic E-state index is 12.3. The molecule has 0 saturated heterocycles. The molecule has 4 N–H and O–H groups in total.